The quantitative estimate of drug-likeness (QED) is 0.675. The van der Waals surface area contributed by atoms with Crippen molar-refractivity contribution in [1.82, 2.24) is 10.3 Å². The molecule has 144 valence electrons. The van der Waals surface area contributed by atoms with E-state index in [0.29, 0.717) is 28.0 Å². The van der Waals surface area contributed by atoms with Crippen molar-refractivity contribution in [2.45, 2.75) is 19.6 Å². The molecule has 1 aliphatic heterocycles. The molecule has 0 saturated carbocycles. The number of ether oxygens (including phenoxy) is 3. The summed E-state index contributed by atoms with van der Waals surface area (Å²) in [6.45, 7) is 2.31. The molecule has 1 aliphatic rings. The molecule has 2 aromatic carbocycles. The number of nitrogens with zero attached hydrogens (tertiary/aromatic N) is 1. The van der Waals surface area contributed by atoms with Crippen molar-refractivity contribution in [2.75, 3.05) is 6.79 Å². The van der Waals surface area contributed by atoms with E-state index in [1.807, 2.05) is 25.1 Å². The van der Waals surface area contributed by atoms with Crippen LogP contribution in [0.25, 0.3) is 0 Å². The van der Waals surface area contributed by atoms with Crippen LogP contribution in [-0.4, -0.2) is 17.7 Å². The highest BCUT2D eigenvalue weighted by Crippen LogP contribution is 2.34. The molecule has 1 atom stereocenters. The van der Waals surface area contributed by atoms with Crippen molar-refractivity contribution in [2.24, 2.45) is 0 Å². The largest absolute Gasteiger partial charge is 0.486 e. The number of hydrogen-bond acceptors (Lipinski definition) is 6. The van der Waals surface area contributed by atoms with Gasteiger partial charge in [-0.05, 0) is 48.9 Å². The lowest BCUT2D eigenvalue weighted by Crippen LogP contribution is -2.27. The van der Waals surface area contributed by atoms with Gasteiger partial charge in [0, 0.05) is 5.38 Å². The van der Waals surface area contributed by atoms with Crippen molar-refractivity contribution in [3.8, 4) is 17.2 Å². The molecule has 28 heavy (non-hydrogen) atoms. The minimum Gasteiger partial charge on any atom is -0.486 e. The van der Waals surface area contributed by atoms with Gasteiger partial charge < -0.3 is 19.5 Å². The van der Waals surface area contributed by atoms with Crippen LogP contribution in [-0.2, 0) is 6.61 Å². The second-order valence-corrected chi connectivity index (χ2v) is 7.12. The number of aromatic nitrogens is 1. The molecule has 1 unspecified atom stereocenters. The molecule has 6 nitrogen and oxygen atoms in total. The van der Waals surface area contributed by atoms with Gasteiger partial charge in [-0.15, -0.1) is 11.3 Å². The second kappa shape index (κ2) is 7.85. The number of benzene rings is 2. The third-order valence-corrected chi connectivity index (χ3v) is 5.03. The highest BCUT2D eigenvalue weighted by molar-refractivity contribution is 7.09. The number of rotatable bonds is 6. The van der Waals surface area contributed by atoms with Gasteiger partial charge in [0.15, 0.2) is 11.5 Å². The van der Waals surface area contributed by atoms with Crippen LogP contribution in [0.3, 0.4) is 0 Å². The number of hydrogen-bond donors (Lipinski definition) is 1. The molecule has 1 amide bonds. The van der Waals surface area contributed by atoms with Crippen LogP contribution in [0.1, 0.15) is 34.0 Å². The molecule has 1 N–H and O–H groups in total. The summed E-state index contributed by atoms with van der Waals surface area (Å²) in [5, 5.41) is 5.27. The highest BCUT2D eigenvalue weighted by atomic mass is 32.1. The van der Waals surface area contributed by atoms with Crippen molar-refractivity contribution < 1.29 is 23.4 Å². The standard InChI is InChI=1S/C20H17FN2O4S/c1-12(13-2-7-17-18(8-13)27-11-26-17)22-20(24)16-10-28-19(23-16)9-25-15-5-3-14(21)4-6-15/h2-8,10,12H,9,11H2,1H3,(H,22,24). The number of fused-ring (bicyclic) bond motifs is 1. The van der Waals surface area contributed by atoms with Gasteiger partial charge in [-0.1, -0.05) is 6.07 Å². The van der Waals surface area contributed by atoms with Gasteiger partial charge in [-0.25, -0.2) is 9.37 Å². The Hall–Kier alpha value is -3.13. The Bertz CT molecular complexity index is 990. The lowest BCUT2D eigenvalue weighted by Gasteiger charge is -2.14. The lowest BCUT2D eigenvalue weighted by molar-refractivity contribution is 0.0935. The number of carbonyl (C=O) groups is 1. The predicted molar refractivity (Wildman–Crippen MR) is 101 cm³/mol. The van der Waals surface area contributed by atoms with E-state index in [4.69, 9.17) is 14.2 Å². The summed E-state index contributed by atoms with van der Waals surface area (Å²) >= 11 is 1.33. The van der Waals surface area contributed by atoms with E-state index in [0.717, 1.165) is 5.56 Å². The summed E-state index contributed by atoms with van der Waals surface area (Å²) in [5.41, 5.74) is 1.24. The maximum Gasteiger partial charge on any atom is 0.271 e. The third kappa shape index (κ3) is 4.07. The van der Waals surface area contributed by atoms with E-state index in [9.17, 15) is 9.18 Å². The molecule has 0 saturated heterocycles. The Balaban J connectivity index is 1.35. The Morgan fingerprint density at radius 1 is 1.25 bits per heavy atom. The van der Waals surface area contributed by atoms with E-state index in [1.165, 1.54) is 23.5 Å². The molecule has 2 heterocycles. The van der Waals surface area contributed by atoms with Crippen LogP contribution in [0, 0.1) is 5.82 Å². The van der Waals surface area contributed by atoms with Crippen LogP contribution in [0.15, 0.2) is 47.8 Å². The zero-order valence-corrected chi connectivity index (χ0v) is 15.8. The van der Waals surface area contributed by atoms with Crippen LogP contribution in [0.5, 0.6) is 17.2 Å². The molecule has 0 bridgehead atoms. The Morgan fingerprint density at radius 2 is 2.04 bits per heavy atom. The van der Waals surface area contributed by atoms with Crippen molar-refractivity contribution in [1.29, 1.82) is 0 Å². The zero-order chi connectivity index (χ0) is 19.5. The van der Waals surface area contributed by atoms with Crippen molar-refractivity contribution in [3.05, 3.63) is 69.9 Å². The summed E-state index contributed by atoms with van der Waals surface area (Å²) in [6.07, 6.45) is 0. The van der Waals surface area contributed by atoms with Gasteiger partial charge in [-0.2, -0.15) is 0 Å². The molecule has 0 aliphatic carbocycles. The molecule has 1 aromatic heterocycles. The van der Waals surface area contributed by atoms with E-state index in [1.54, 1.807) is 17.5 Å². The molecule has 0 fully saturated rings. The first-order valence-electron chi connectivity index (χ1n) is 8.61. The minimum atomic E-state index is -0.322. The van der Waals surface area contributed by atoms with Crippen LogP contribution in [0.4, 0.5) is 4.39 Å². The average molecular weight is 400 g/mol. The van der Waals surface area contributed by atoms with Crippen LogP contribution >= 0.6 is 11.3 Å². The number of thiazole rings is 1. The molecular weight excluding hydrogens is 383 g/mol. The second-order valence-electron chi connectivity index (χ2n) is 6.18. The minimum absolute atomic E-state index is 0.209. The lowest BCUT2D eigenvalue weighted by atomic mass is 10.1. The molecule has 8 heteroatoms. The first-order valence-corrected chi connectivity index (χ1v) is 9.49. The number of amides is 1. The van der Waals surface area contributed by atoms with E-state index >= 15 is 0 Å². The van der Waals surface area contributed by atoms with Crippen LogP contribution < -0.4 is 19.5 Å². The zero-order valence-electron chi connectivity index (χ0n) is 15.0. The first-order chi connectivity index (χ1) is 13.6. The molecular formula is C20H17FN2O4S. The van der Waals surface area contributed by atoms with Crippen molar-refractivity contribution in [3.63, 3.8) is 0 Å². The van der Waals surface area contributed by atoms with E-state index < -0.39 is 0 Å². The third-order valence-electron chi connectivity index (χ3n) is 4.20. The Labute approximate surface area is 164 Å². The van der Waals surface area contributed by atoms with E-state index in [-0.39, 0.29) is 31.2 Å². The summed E-state index contributed by atoms with van der Waals surface area (Å²) in [6, 6.07) is 11.1. The Morgan fingerprint density at radius 3 is 2.86 bits per heavy atom. The molecule has 0 radical (unpaired) electrons. The van der Waals surface area contributed by atoms with Gasteiger partial charge in [0.1, 0.15) is 28.9 Å². The molecule has 0 spiro atoms. The SMILES string of the molecule is CC(NC(=O)c1csc(COc2ccc(F)cc2)n1)c1ccc2c(c1)OCO2. The van der Waals surface area contributed by atoms with Gasteiger partial charge in [0.25, 0.3) is 5.91 Å². The average Bonchev–Trinajstić information content (AvgIpc) is 3.36. The van der Waals surface area contributed by atoms with Crippen LogP contribution in [0.2, 0.25) is 0 Å². The fourth-order valence-corrected chi connectivity index (χ4v) is 3.38. The summed E-state index contributed by atoms with van der Waals surface area (Å²) in [7, 11) is 0. The predicted octanol–water partition coefficient (Wildman–Crippen LogP) is 4.08. The summed E-state index contributed by atoms with van der Waals surface area (Å²) in [5.74, 6) is 1.32. The van der Waals surface area contributed by atoms with Gasteiger partial charge in [-0.3, -0.25) is 4.79 Å². The summed E-state index contributed by atoms with van der Waals surface area (Å²) in [4.78, 5) is 16.8. The maximum atomic E-state index is 12.9. The van der Waals surface area contributed by atoms with E-state index in [2.05, 4.69) is 10.3 Å². The smallest absolute Gasteiger partial charge is 0.271 e. The number of carbonyl (C=O) groups excluding carboxylic acids is 1. The van der Waals surface area contributed by atoms with Gasteiger partial charge in [0.05, 0.1) is 6.04 Å². The normalized spacial score (nSPS) is 13.2. The first kappa shape index (κ1) is 18.2. The van der Waals surface area contributed by atoms with Gasteiger partial charge >= 0.3 is 0 Å². The monoisotopic (exact) mass is 400 g/mol. The number of halogens is 1. The number of nitrogens with one attached hydrogen (secondary N) is 1. The fraction of sp³-hybridized carbons (Fsp3) is 0.200. The van der Waals surface area contributed by atoms with Crippen molar-refractivity contribution >= 4 is 17.2 Å². The molecule has 3 aromatic rings. The highest BCUT2D eigenvalue weighted by Gasteiger charge is 2.18. The topological polar surface area (TPSA) is 69.7 Å². The fourth-order valence-electron chi connectivity index (χ4n) is 2.69. The molecule has 4 rings (SSSR count). The Kier molecular flexibility index (Phi) is 5.12. The summed E-state index contributed by atoms with van der Waals surface area (Å²) < 4.78 is 29.1. The maximum absolute atomic E-state index is 12.9. The van der Waals surface area contributed by atoms with Gasteiger partial charge in [0.2, 0.25) is 6.79 Å².